The molecule has 0 heterocycles. The molecule has 0 spiro atoms. The van der Waals surface area contributed by atoms with Crippen LogP contribution in [0.1, 0.15) is 26.2 Å². The SMILES string of the molecule is CCCCCNc1cccc(S(=O)(=O)c2ccccc2)c1[N+](=O)[O-]. The second kappa shape index (κ2) is 7.92. The molecule has 0 radical (unpaired) electrons. The van der Waals surface area contributed by atoms with Crippen molar-refractivity contribution in [1.82, 2.24) is 0 Å². The molecule has 128 valence electrons. The summed E-state index contributed by atoms with van der Waals surface area (Å²) in [5.41, 5.74) is -0.175. The van der Waals surface area contributed by atoms with Crippen molar-refractivity contribution in [2.45, 2.75) is 36.0 Å². The Bertz CT molecular complexity index is 805. The minimum absolute atomic E-state index is 0.0382. The van der Waals surface area contributed by atoms with Gasteiger partial charge in [-0.15, -0.1) is 0 Å². The van der Waals surface area contributed by atoms with Gasteiger partial charge in [-0.1, -0.05) is 44.0 Å². The van der Waals surface area contributed by atoms with Crippen molar-refractivity contribution in [3.05, 3.63) is 58.6 Å². The fourth-order valence-corrected chi connectivity index (χ4v) is 3.86. The molecular formula is C17H20N2O4S. The zero-order chi connectivity index (χ0) is 17.6. The third-order valence-corrected chi connectivity index (χ3v) is 5.42. The molecule has 0 bridgehead atoms. The molecule has 0 atom stereocenters. The molecule has 2 aromatic carbocycles. The quantitative estimate of drug-likeness (QED) is 0.442. The van der Waals surface area contributed by atoms with Gasteiger partial charge in [0.05, 0.1) is 9.82 Å². The van der Waals surface area contributed by atoms with Gasteiger partial charge in [0.1, 0.15) is 5.69 Å². The molecule has 1 N–H and O–H groups in total. The standard InChI is InChI=1S/C17H20N2O4S/c1-2-3-7-13-18-15-11-8-12-16(17(15)19(20)21)24(22,23)14-9-5-4-6-10-14/h4-6,8-12,18H,2-3,7,13H2,1H3. The molecule has 0 saturated carbocycles. The number of hydrogen-bond donors (Lipinski definition) is 1. The van der Waals surface area contributed by atoms with Crippen LogP contribution in [0, 0.1) is 10.1 Å². The third kappa shape index (κ3) is 3.91. The van der Waals surface area contributed by atoms with E-state index in [1.54, 1.807) is 18.2 Å². The Morgan fingerprint density at radius 1 is 1.04 bits per heavy atom. The minimum atomic E-state index is -3.95. The molecule has 0 saturated heterocycles. The number of unbranched alkanes of at least 4 members (excludes halogenated alkanes) is 2. The zero-order valence-electron chi connectivity index (χ0n) is 13.4. The van der Waals surface area contributed by atoms with Crippen molar-refractivity contribution >= 4 is 21.2 Å². The van der Waals surface area contributed by atoms with Gasteiger partial charge in [0, 0.05) is 6.54 Å². The highest BCUT2D eigenvalue weighted by Gasteiger charge is 2.30. The third-order valence-electron chi connectivity index (χ3n) is 3.62. The average Bonchev–Trinajstić information content (AvgIpc) is 2.59. The Balaban J connectivity index is 2.45. The first kappa shape index (κ1) is 17.9. The largest absolute Gasteiger partial charge is 0.379 e. The molecule has 0 aromatic heterocycles. The summed E-state index contributed by atoms with van der Waals surface area (Å²) in [5, 5.41) is 14.5. The lowest BCUT2D eigenvalue weighted by Gasteiger charge is -2.11. The van der Waals surface area contributed by atoms with E-state index < -0.39 is 20.4 Å². The van der Waals surface area contributed by atoms with Crippen LogP contribution in [0.2, 0.25) is 0 Å². The maximum atomic E-state index is 12.8. The highest BCUT2D eigenvalue weighted by atomic mass is 32.2. The number of sulfone groups is 1. The lowest BCUT2D eigenvalue weighted by Crippen LogP contribution is -2.10. The van der Waals surface area contributed by atoms with E-state index in [4.69, 9.17) is 0 Å². The lowest BCUT2D eigenvalue weighted by molar-refractivity contribution is -0.386. The molecule has 0 amide bonds. The summed E-state index contributed by atoms with van der Waals surface area (Å²) in [6, 6.07) is 12.1. The van der Waals surface area contributed by atoms with Gasteiger partial charge >= 0.3 is 5.69 Å². The van der Waals surface area contributed by atoms with E-state index >= 15 is 0 Å². The predicted octanol–water partition coefficient (Wildman–Crippen LogP) is 4.03. The molecule has 2 aromatic rings. The molecule has 6 nitrogen and oxygen atoms in total. The molecule has 0 fully saturated rings. The molecule has 2 rings (SSSR count). The second-order valence-corrected chi connectivity index (χ2v) is 7.28. The Kier molecular flexibility index (Phi) is 5.92. The number of rotatable bonds is 8. The van der Waals surface area contributed by atoms with Crippen molar-refractivity contribution in [2.24, 2.45) is 0 Å². The summed E-state index contributed by atoms with van der Waals surface area (Å²) in [5.74, 6) is 0. The molecule has 0 unspecified atom stereocenters. The van der Waals surface area contributed by atoms with E-state index in [0.717, 1.165) is 19.3 Å². The van der Waals surface area contributed by atoms with Crippen molar-refractivity contribution in [3.8, 4) is 0 Å². The fraction of sp³-hybridized carbons (Fsp3) is 0.294. The number of benzene rings is 2. The zero-order valence-corrected chi connectivity index (χ0v) is 14.3. The van der Waals surface area contributed by atoms with Gasteiger partial charge in [-0.3, -0.25) is 10.1 Å². The summed E-state index contributed by atoms with van der Waals surface area (Å²) in [7, 11) is -3.95. The van der Waals surface area contributed by atoms with E-state index in [2.05, 4.69) is 12.2 Å². The summed E-state index contributed by atoms with van der Waals surface area (Å²) in [6.45, 7) is 2.62. The monoisotopic (exact) mass is 348 g/mol. The Morgan fingerprint density at radius 3 is 2.38 bits per heavy atom. The first-order valence-corrected chi connectivity index (χ1v) is 9.28. The van der Waals surface area contributed by atoms with Crippen LogP contribution in [0.25, 0.3) is 0 Å². The van der Waals surface area contributed by atoms with Crippen molar-refractivity contribution in [1.29, 1.82) is 0 Å². The van der Waals surface area contributed by atoms with Crippen LogP contribution in [0.3, 0.4) is 0 Å². The number of nitrogens with one attached hydrogen (secondary N) is 1. The number of nitro benzene ring substituents is 1. The first-order chi connectivity index (χ1) is 11.5. The summed E-state index contributed by atoms with van der Waals surface area (Å²) < 4.78 is 25.5. The van der Waals surface area contributed by atoms with Crippen molar-refractivity contribution in [3.63, 3.8) is 0 Å². The summed E-state index contributed by atoms with van der Waals surface area (Å²) in [4.78, 5) is 10.6. The minimum Gasteiger partial charge on any atom is -0.379 e. The maximum Gasteiger partial charge on any atom is 0.311 e. The van der Waals surface area contributed by atoms with Gasteiger partial charge in [0.25, 0.3) is 0 Å². The van der Waals surface area contributed by atoms with Gasteiger partial charge in [0.15, 0.2) is 4.90 Å². The van der Waals surface area contributed by atoms with Gasteiger partial charge < -0.3 is 5.32 Å². The van der Waals surface area contributed by atoms with Crippen LogP contribution in [-0.4, -0.2) is 19.9 Å². The van der Waals surface area contributed by atoms with E-state index in [0.29, 0.717) is 6.54 Å². The van der Waals surface area contributed by atoms with Gasteiger partial charge in [-0.2, -0.15) is 0 Å². The van der Waals surface area contributed by atoms with Gasteiger partial charge in [0.2, 0.25) is 9.84 Å². The van der Waals surface area contributed by atoms with E-state index in [1.165, 1.54) is 30.3 Å². The molecule has 0 aliphatic rings. The average molecular weight is 348 g/mol. The van der Waals surface area contributed by atoms with E-state index in [1.807, 2.05) is 0 Å². The first-order valence-electron chi connectivity index (χ1n) is 7.80. The molecular weight excluding hydrogens is 328 g/mol. The smallest absolute Gasteiger partial charge is 0.311 e. The fourth-order valence-electron chi connectivity index (χ4n) is 2.39. The van der Waals surface area contributed by atoms with E-state index in [-0.39, 0.29) is 15.5 Å². The maximum absolute atomic E-state index is 12.8. The van der Waals surface area contributed by atoms with Crippen molar-refractivity contribution < 1.29 is 13.3 Å². The predicted molar refractivity (Wildman–Crippen MR) is 93.0 cm³/mol. The van der Waals surface area contributed by atoms with E-state index in [9.17, 15) is 18.5 Å². The molecule has 0 aliphatic carbocycles. The highest BCUT2D eigenvalue weighted by Crippen LogP contribution is 2.35. The van der Waals surface area contributed by atoms with Crippen LogP contribution >= 0.6 is 0 Å². The Morgan fingerprint density at radius 2 is 1.75 bits per heavy atom. The number of nitro groups is 1. The van der Waals surface area contributed by atoms with Gasteiger partial charge in [-0.25, -0.2) is 8.42 Å². The summed E-state index contributed by atoms with van der Waals surface area (Å²) in [6.07, 6.45) is 2.90. The van der Waals surface area contributed by atoms with Crippen LogP contribution in [0.5, 0.6) is 0 Å². The molecule has 24 heavy (non-hydrogen) atoms. The number of nitrogens with zero attached hydrogens (tertiary/aromatic N) is 1. The normalized spacial score (nSPS) is 11.2. The van der Waals surface area contributed by atoms with Crippen LogP contribution < -0.4 is 5.32 Å². The van der Waals surface area contributed by atoms with Gasteiger partial charge in [-0.05, 0) is 30.7 Å². The molecule has 0 aliphatic heterocycles. The second-order valence-electron chi connectivity index (χ2n) is 5.36. The van der Waals surface area contributed by atoms with Crippen LogP contribution in [0.4, 0.5) is 11.4 Å². The number of anilines is 1. The van der Waals surface area contributed by atoms with Crippen LogP contribution in [-0.2, 0) is 9.84 Å². The summed E-state index contributed by atoms with van der Waals surface area (Å²) >= 11 is 0. The lowest BCUT2D eigenvalue weighted by atomic mass is 10.2. The highest BCUT2D eigenvalue weighted by molar-refractivity contribution is 7.91. The number of para-hydroxylation sites is 1. The Labute approximate surface area is 141 Å². The Hall–Kier alpha value is -2.41. The van der Waals surface area contributed by atoms with Crippen molar-refractivity contribution in [2.75, 3.05) is 11.9 Å². The molecule has 7 heteroatoms. The topological polar surface area (TPSA) is 89.3 Å². The van der Waals surface area contributed by atoms with Crippen LogP contribution in [0.15, 0.2) is 58.3 Å². The number of hydrogen-bond acceptors (Lipinski definition) is 5.